The first-order valence-corrected chi connectivity index (χ1v) is 12.5. The summed E-state index contributed by atoms with van der Waals surface area (Å²) < 4.78 is 9.16. The number of ether oxygens (including phenoxy) is 1. The van der Waals surface area contributed by atoms with E-state index in [2.05, 4.69) is 16.4 Å². The third-order valence-electron chi connectivity index (χ3n) is 10.4. The van der Waals surface area contributed by atoms with Crippen molar-refractivity contribution in [2.24, 2.45) is 29.7 Å². The van der Waals surface area contributed by atoms with Gasteiger partial charge in [0.2, 0.25) is 5.95 Å². The number of fused-ring (bicyclic) bond motifs is 3. The van der Waals surface area contributed by atoms with E-state index in [1.54, 1.807) is 17.8 Å². The minimum Gasteiger partial charge on any atom is -0.493 e. The second kappa shape index (κ2) is 5.88. The molecule has 180 valence electrons. The van der Waals surface area contributed by atoms with Crippen LogP contribution in [0, 0.1) is 29.6 Å². The molecule has 1 spiro atoms. The summed E-state index contributed by atoms with van der Waals surface area (Å²) in [5.74, 6) is 1.43. The average molecular weight is 474 g/mol. The number of carboxylic acid groups (broad SMARTS) is 1. The highest BCUT2D eigenvalue weighted by atomic mass is 16.5. The van der Waals surface area contributed by atoms with Crippen molar-refractivity contribution in [1.29, 1.82) is 0 Å². The van der Waals surface area contributed by atoms with Crippen LogP contribution in [0.2, 0.25) is 0 Å². The first kappa shape index (κ1) is 19.9. The Bertz CT molecular complexity index is 1560. The van der Waals surface area contributed by atoms with Crippen LogP contribution in [0.15, 0.2) is 23.1 Å². The van der Waals surface area contributed by atoms with Crippen molar-refractivity contribution < 1.29 is 14.6 Å². The van der Waals surface area contributed by atoms with E-state index in [1.165, 1.54) is 0 Å². The molecular weight excluding hydrogens is 446 g/mol. The zero-order chi connectivity index (χ0) is 23.9. The van der Waals surface area contributed by atoms with E-state index in [1.807, 2.05) is 17.6 Å². The van der Waals surface area contributed by atoms with Gasteiger partial charge in [-0.1, -0.05) is 0 Å². The number of carboxylic acids is 1. The molecule has 35 heavy (non-hydrogen) atoms. The lowest BCUT2D eigenvalue weighted by molar-refractivity contribution is -0.284. The number of aliphatic carboxylic acids is 1. The first-order valence-electron chi connectivity index (χ1n) is 12.5. The molecule has 9 heteroatoms. The number of anilines is 2. The molecule has 0 amide bonds. The molecule has 5 unspecified atom stereocenters. The third kappa shape index (κ3) is 1.98. The minimum atomic E-state index is -0.682. The van der Waals surface area contributed by atoms with E-state index in [-0.39, 0.29) is 11.1 Å². The number of rotatable bonds is 4. The maximum absolute atomic E-state index is 13.7. The Morgan fingerprint density at radius 1 is 1.23 bits per heavy atom. The fourth-order valence-corrected chi connectivity index (χ4v) is 9.18. The highest BCUT2D eigenvalue weighted by Gasteiger charge is 2.89. The molecule has 2 bridgehead atoms. The van der Waals surface area contributed by atoms with Crippen LogP contribution in [0.1, 0.15) is 43.2 Å². The van der Waals surface area contributed by atoms with Crippen molar-refractivity contribution in [3.8, 4) is 5.75 Å². The SMILES string of the molecule is Cc1cc2c(cc1Nc1ncc3c(n1)n(C14CC5CC6(C(=O)O)CC(C1)C64C5)c(=O)n3C)CCO2. The molecule has 3 aromatic rings. The van der Waals surface area contributed by atoms with Gasteiger partial charge in [-0.05, 0) is 74.1 Å². The molecule has 8 rings (SSSR count). The van der Waals surface area contributed by atoms with Crippen LogP contribution in [-0.4, -0.2) is 36.8 Å². The van der Waals surface area contributed by atoms with E-state index in [0.29, 0.717) is 35.6 Å². The van der Waals surface area contributed by atoms with Crippen molar-refractivity contribution in [1.82, 2.24) is 19.1 Å². The van der Waals surface area contributed by atoms with Gasteiger partial charge >= 0.3 is 11.7 Å². The van der Waals surface area contributed by atoms with Gasteiger partial charge < -0.3 is 15.2 Å². The van der Waals surface area contributed by atoms with Gasteiger partial charge in [0.15, 0.2) is 5.65 Å². The summed E-state index contributed by atoms with van der Waals surface area (Å²) in [5.41, 5.74) is 2.81. The van der Waals surface area contributed by atoms with Crippen LogP contribution >= 0.6 is 0 Å². The molecule has 4 aliphatic carbocycles. The van der Waals surface area contributed by atoms with Gasteiger partial charge in [-0.25, -0.2) is 9.78 Å². The number of aromatic nitrogens is 4. The van der Waals surface area contributed by atoms with E-state index in [0.717, 1.165) is 61.1 Å². The summed E-state index contributed by atoms with van der Waals surface area (Å²) in [4.78, 5) is 35.6. The van der Waals surface area contributed by atoms with Crippen LogP contribution in [0.5, 0.6) is 5.75 Å². The topological polar surface area (TPSA) is 111 Å². The highest BCUT2D eigenvalue weighted by molar-refractivity contribution is 5.81. The Balaban J connectivity index is 1.27. The maximum atomic E-state index is 13.7. The Labute approximate surface area is 201 Å². The molecule has 9 nitrogen and oxygen atoms in total. The average Bonchev–Trinajstić information content (AvgIpc) is 3.51. The van der Waals surface area contributed by atoms with Crippen LogP contribution in [-0.2, 0) is 23.8 Å². The van der Waals surface area contributed by atoms with E-state index >= 15 is 0 Å². The second-order valence-corrected chi connectivity index (χ2v) is 11.6. The lowest BCUT2D eigenvalue weighted by Gasteiger charge is -2.76. The van der Waals surface area contributed by atoms with Crippen molar-refractivity contribution in [2.45, 2.75) is 51.0 Å². The molecule has 3 heterocycles. The van der Waals surface area contributed by atoms with Gasteiger partial charge in [-0.2, -0.15) is 4.98 Å². The van der Waals surface area contributed by atoms with E-state index in [9.17, 15) is 14.7 Å². The number of hydrogen-bond acceptors (Lipinski definition) is 6. The van der Waals surface area contributed by atoms with Gasteiger partial charge in [-0.3, -0.25) is 13.9 Å². The lowest BCUT2D eigenvalue weighted by Crippen LogP contribution is -2.78. The first-order chi connectivity index (χ1) is 16.8. The molecule has 2 aromatic heterocycles. The van der Waals surface area contributed by atoms with Crippen molar-refractivity contribution in [3.05, 3.63) is 39.9 Å². The quantitative estimate of drug-likeness (QED) is 0.599. The molecule has 4 fully saturated rings. The van der Waals surface area contributed by atoms with Gasteiger partial charge in [0.25, 0.3) is 0 Å². The fourth-order valence-electron chi connectivity index (χ4n) is 9.18. The van der Waals surface area contributed by atoms with Crippen molar-refractivity contribution in [3.63, 3.8) is 0 Å². The molecule has 1 aliphatic heterocycles. The number of carbonyl (C=O) groups is 1. The van der Waals surface area contributed by atoms with Crippen LogP contribution in [0.4, 0.5) is 11.6 Å². The predicted molar refractivity (Wildman–Crippen MR) is 127 cm³/mol. The Morgan fingerprint density at radius 2 is 2.09 bits per heavy atom. The van der Waals surface area contributed by atoms with Gasteiger partial charge in [0.05, 0.1) is 23.8 Å². The zero-order valence-corrected chi connectivity index (χ0v) is 19.8. The van der Waals surface area contributed by atoms with Gasteiger partial charge in [0.1, 0.15) is 11.3 Å². The summed E-state index contributed by atoms with van der Waals surface area (Å²) in [7, 11) is 1.76. The third-order valence-corrected chi connectivity index (χ3v) is 10.4. The molecule has 2 N–H and O–H groups in total. The Kier molecular flexibility index (Phi) is 3.34. The number of nitrogens with one attached hydrogen (secondary N) is 1. The molecule has 1 aromatic carbocycles. The van der Waals surface area contributed by atoms with Crippen LogP contribution < -0.4 is 15.7 Å². The highest BCUT2D eigenvalue weighted by Crippen LogP contribution is 2.90. The summed E-state index contributed by atoms with van der Waals surface area (Å²) in [6.07, 6.45) is 6.74. The largest absolute Gasteiger partial charge is 0.493 e. The summed E-state index contributed by atoms with van der Waals surface area (Å²) in [6, 6.07) is 4.12. The zero-order valence-electron chi connectivity index (χ0n) is 19.8. The number of benzene rings is 1. The van der Waals surface area contributed by atoms with E-state index in [4.69, 9.17) is 9.72 Å². The summed E-state index contributed by atoms with van der Waals surface area (Å²) in [5, 5.41) is 13.6. The normalized spacial score (nSPS) is 35.3. The van der Waals surface area contributed by atoms with Crippen LogP contribution in [0.3, 0.4) is 0 Å². The summed E-state index contributed by atoms with van der Waals surface area (Å²) in [6.45, 7) is 2.71. The number of nitrogens with zero attached hydrogens (tertiary/aromatic N) is 4. The van der Waals surface area contributed by atoms with Crippen molar-refractivity contribution >= 4 is 28.8 Å². The number of aryl methyl sites for hydroxylation is 2. The van der Waals surface area contributed by atoms with E-state index < -0.39 is 16.9 Å². The maximum Gasteiger partial charge on any atom is 0.330 e. The predicted octanol–water partition coefficient (Wildman–Crippen LogP) is 3.11. The fraction of sp³-hybridized carbons (Fsp3) is 0.538. The van der Waals surface area contributed by atoms with Crippen LogP contribution in [0.25, 0.3) is 11.2 Å². The second-order valence-electron chi connectivity index (χ2n) is 11.6. The lowest BCUT2D eigenvalue weighted by atomic mass is 9.29. The molecule has 4 saturated carbocycles. The summed E-state index contributed by atoms with van der Waals surface area (Å²) >= 11 is 0. The molecule has 5 aliphatic rings. The standard InChI is InChI=1S/C26H27N5O4/c1-13-5-19-15(3-4-35-19)6-17(13)28-22-27-12-18-20(29-22)31(23(34)30(18)2)25-8-14-7-24(21(32)33)10-16(11-25)26(24,25)9-14/h5-6,12,14,16H,3-4,7-11H2,1-2H3,(H,32,33)(H,27,28,29). The molecule has 0 saturated heterocycles. The van der Waals surface area contributed by atoms with Gasteiger partial charge in [-0.15, -0.1) is 0 Å². The Hall–Kier alpha value is -3.36. The molecular formula is C26H27N5O4. The van der Waals surface area contributed by atoms with Crippen molar-refractivity contribution in [2.75, 3.05) is 11.9 Å². The smallest absolute Gasteiger partial charge is 0.330 e. The minimum absolute atomic E-state index is 0.121. The number of hydrogen-bond donors (Lipinski definition) is 2. The molecule has 0 radical (unpaired) electrons. The van der Waals surface area contributed by atoms with Gasteiger partial charge in [0, 0.05) is 24.6 Å². The monoisotopic (exact) mass is 473 g/mol. The molecule has 5 atom stereocenters. The number of imidazole rings is 1. The Morgan fingerprint density at radius 3 is 2.89 bits per heavy atom.